The van der Waals surface area contributed by atoms with Gasteiger partial charge < -0.3 is 14.5 Å². The molecule has 1 aliphatic heterocycles. The maximum absolute atomic E-state index is 12.4. The van der Waals surface area contributed by atoms with Crippen molar-refractivity contribution in [2.24, 2.45) is 0 Å². The lowest BCUT2D eigenvalue weighted by Gasteiger charge is -2.34. The van der Waals surface area contributed by atoms with Gasteiger partial charge in [-0.25, -0.2) is 0 Å². The molecule has 1 aromatic rings. The normalized spacial score (nSPS) is 15.9. The first-order chi connectivity index (χ1) is 9.74. The summed E-state index contributed by atoms with van der Waals surface area (Å²) >= 11 is 0. The van der Waals surface area contributed by atoms with Gasteiger partial charge in [0.05, 0.1) is 0 Å². The monoisotopic (exact) mass is 274 g/mol. The molecule has 0 bridgehead atoms. The number of hydrogen-bond acceptors (Lipinski definition) is 3. The summed E-state index contributed by atoms with van der Waals surface area (Å²) in [6, 6.07) is 7.32. The second-order valence-corrected chi connectivity index (χ2v) is 4.85. The summed E-state index contributed by atoms with van der Waals surface area (Å²) in [7, 11) is 0. The Morgan fingerprint density at radius 1 is 1.25 bits per heavy atom. The van der Waals surface area contributed by atoms with Crippen LogP contribution >= 0.6 is 0 Å². The van der Waals surface area contributed by atoms with Crippen LogP contribution in [0.3, 0.4) is 0 Å². The molecule has 0 unspecified atom stereocenters. The van der Waals surface area contributed by atoms with Crippen LogP contribution in [0.2, 0.25) is 0 Å². The fraction of sp³-hybridized carbons (Fsp3) is 0.438. The number of rotatable bonds is 5. The highest BCUT2D eigenvalue weighted by Crippen LogP contribution is 2.14. The number of carbonyl (C=O) groups is 1. The number of hydrogen-bond donors (Lipinski definition) is 0. The van der Waals surface area contributed by atoms with Crippen LogP contribution in [0.25, 0.3) is 0 Å². The number of carbonyl (C=O) groups excluding carboxylic acids is 1. The minimum Gasteiger partial charge on any atom is -0.490 e. The Kier molecular flexibility index (Phi) is 5.18. The van der Waals surface area contributed by atoms with Gasteiger partial charge in [-0.3, -0.25) is 4.79 Å². The molecule has 1 fully saturated rings. The van der Waals surface area contributed by atoms with Gasteiger partial charge in [0.15, 0.2) is 0 Å². The number of piperazine rings is 1. The molecule has 2 rings (SSSR count). The molecule has 1 saturated heterocycles. The third kappa shape index (κ3) is 3.61. The standard InChI is InChI=1S/C16H22N2O2/c1-3-13-20-15-7-5-14(6-8-15)16(19)18-11-9-17(4-2)10-12-18/h3,5-8H,1,4,9-13H2,2H3. The Hall–Kier alpha value is -1.81. The summed E-state index contributed by atoms with van der Waals surface area (Å²) in [6.07, 6.45) is 1.70. The summed E-state index contributed by atoms with van der Waals surface area (Å²) < 4.78 is 5.41. The van der Waals surface area contributed by atoms with Gasteiger partial charge >= 0.3 is 0 Å². The van der Waals surface area contributed by atoms with Gasteiger partial charge in [0.2, 0.25) is 0 Å². The number of likely N-dealkylation sites (N-methyl/N-ethyl adjacent to an activating group) is 1. The van der Waals surface area contributed by atoms with Crippen molar-refractivity contribution in [1.82, 2.24) is 9.80 Å². The van der Waals surface area contributed by atoms with Crippen molar-refractivity contribution < 1.29 is 9.53 Å². The molecule has 4 nitrogen and oxygen atoms in total. The van der Waals surface area contributed by atoms with E-state index in [4.69, 9.17) is 4.74 Å². The average molecular weight is 274 g/mol. The predicted octanol–water partition coefficient (Wildman–Crippen LogP) is 2.03. The maximum Gasteiger partial charge on any atom is 0.253 e. The van der Waals surface area contributed by atoms with Gasteiger partial charge in [-0.15, -0.1) is 0 Å². The van der Waals surface area contributed by atoms with E-state index in [9.17, 15) is 4.79 Å². The van der Waals surface area contributed by atoms with E-state index in [0.717, 1.165) is 44.0 Å². The van der Waals surface area contributed by atoms with Gasteiger partial charge in [-0.1, -0.05) is 19.6 Å². The lowest BCUT2D eigenvalue weighted by molar-refractivity contribution is 0.0643. The molecule has 0 spiro atoms. The first-order valence-electron chi connectivity index (χ1n) is 7.10. The number of benzene rings is 1. The fourth-order valence-electron chi connectivity index (χ4n) is 2.30. The van der Waals surface area contributed by atoms with Crippen LogP contribution in [0, 0.1) is 0 Å². The fourth-order valence-corrected chi connectivity index (χ4v) is 2.30. The quantitative estimate of drug-likeness (QED) is 0.770. The van der Waals surface area contributed by atoms with Crippen LogP contribution in [0.5, 0.6) is 5.75 Å². The van der Waals surface area contributed by atoms with Crippen molar-refractivity contribution in [2.75, 3.05) is 39.3 Å². The van der Waals surface area contributed by atoms with Crippen molar-refractivity contribution >= 4 is 5.91 Å². The number of amides is 1. The smallest absolute Gasteiger partial charge is 0.253 e. The molecule has 1 aliphatic rings. The first-order valence-corrected chi connectivity index (χ1v) is 7.10. The number of ether oxygens (including phenoxy) is 1. The second kappa shape index (κ2) is 7.10. The highest BCUT2D eigenvalue weighted by molar-refractivity contribution is 5.94. The minimum atomic E-state index is 0.107. The topological polar surface area (TPSA) is 32.8 Å². The van der Waals surface area contributed by atoms with E-state index in [1.807, 2.05) is 29.2 Å². The molecule has 1 aromatic carbocycles. The highest BCUT2D eigenvalue weighted by Gasteiger charge is 2.21. The highest BCUT2D eigenvalue weighted by atomic mass is 16.5. The van der Waals surface area contributed by atoms with E-state index in [-0.39, 0.29) is 5.91 Å². The molecule has 0 aromatic heterocycles. The molecule has 0 radical (unpaired) electrons. The van der Waals surface area contributed by atoms with E-state index in [1.165, 1.54) is 0 Å². The summed E-state index contributed by atoms with van der Waals surface area (Å²) in [5.41, 5.74) is 0.723. The van der Waals surface area contributed by atoms with Crippen molar-refractivity contribution in [3.05, 3.63) is 42.5 Å². The molecule has 0 saturated carbocycles. The van der Waals surface area contributed by atoms with Crippen LogP contribution in [-0.2, 0) is 0 Å². The molecule has 0 aliphatic carbocycles. The Bertz CT molecular complexity index is 448. The third-order valence-electron chi connectivity index (χ3n) is 3.58. The molecular weight excluding hydrogens is 252 g/mol. The lowest BCUT2D eigenvalue weighted by Crippen LogP contribution is -2.48. The summed E-state index contributed by atoms with van der Waals surface area (Å²) in [4.78, 5) is 16.7. The van der Waals surface area contributed by atoms with Gasteiger partial charge in [0.1, 0.15) is 12.4 Å². The molecule has 108 valence electrons. The largest absolute Gasteiger partial charge is 0.490 e. The average Bonchev–Trinajstić information content (AvgIpc) is 2.53. The molecule has 1 amide bonds. The van der Waals surface area contributed by atoms with E-state index < -0.39 is 0 Å². The van der Waals surface area contributed by atoms with E-state index in [1.54, 1.807) is 6.08 Å². The summed E-state index contributed by atoms with van der Waals surface area (Å²) in [5, 5.41) is 0. The van der Waals surface area contributed by atoms with Crippen LogP contribution in [0.4, 0.5) is 0 Å². The molecule has 20 heavy (non-hydrogen) atoms. The summed E-state index contributed by atoms with van der Waals surface area (Å²) in [5.74, 6) is 0.869. The SMILES string of the molecule is C=CCOc1ccc(C(=O)N2CCN(CC)CC2)cc1. The Labute approximate surface area is 120 Å². The Balaban J connectivity index is 1.94. The maximum atomic E-state index is 12.4. The second-order valence-electron chi connectivity index (χ2n) is 4.85. The lowest BCUT2D eigenvalue weighted by atomic mass is 10.1. The zero-order valence-electron chi connectivity index (χ0n) is 12.0. The van der Waals surface area contributed by atoms with Crippen LogP contribution < -0.4 is 4.74 Å². The third-order valence-corrected chi connectivity index (χ3v) is 3.58. The summed E-state index contributed by atoms with van der Waals surface area (Å²) in [6.45, 7) is 10.8. The van der Waals surface area contributed by atoms with Crippen LogP contribution in [0.1, 0.15) is 17.3 Å². The first kappa shape index (κ1) is 14.6. The van der Waals surface area contributed by atoms with Crippen molar-refractivity contribution in [1.29, 1.82) is 0 Å². The molecular formula is C16H22N2O2. The molecule has 0 N–H and O–H groups in total. The Morgan fingerprint density at radius 2 is 1.90 bits per heavy atom. The van der Waals surface area contributed by atoms with Gasteiger partial charge in [-0.2, -0.15) is 0 Å². The van der Waals surface area contributed by atoms with Gasteiger partial charge in [0, 0.05) is 31.7 Å². The van der Waals surface area contributed by atoms with Crippen molar-refractivity contribution in [3.63, 3.8) is 0 Å². The van der Waals surface area contributed by atoms with Gasteiger partial charge in [0.25, 0.3) is 5.91 Å². The van der Waals surface area contributed by atoms with Crippen molar-refractivity contribution in [2.45, 2.75) is 6.92 Å². The molecule has 0 atom stereocenters. The van der Waals surface area contributed by atoms with E-state index in [0.29, 0.717) is 6.61 Å². The molecule has 4 heteroatoms. The Morgan fingerprint density at radius 3 is 2.45 bits per heavy atom. The zero-order chi connectivity index (χ0) is 14.4. The number of nitrogens with zero attached hydrogens (tertiary/aromatic N) is 2. The van der Waals surface area contributed by atoms with Crippen molar-refractivity contribution in [3.8, 4) is 5.75 Å². The molecule has 1 heterocycles. The van der Waals surface area contributed by atoms with Gasteiger partial charge in [-0.05, 0) is 30.8 Å². The zero-order valence-corrected chi connectivity index (χ0v) is 12.0. The predicted molar refractivity (Wildman–Crippen MR) is 80.2 cm³/mol. The van der Waals surface area contributed by atoms with Crippen LogP contribution in [0.15, 0.2) is 36.9 Å². The van der Waals surface area contributed by atoms with E-state index >= 15 is 0 Å². The van der Waals surface area contributed by atoms with E-state index in [2.05, 4.69) is 18.4 Å². The minimum absolute atomic E-state index is 0.107. The van der Waals surface area contributed by atoms with Crippen LogP contribution in [-0.4, -0.2) is 55.0 Å².